The Morgan fingerprint density at radius 1 is 0.933 bits per heavy atom. The summed E-state index contributed by atoms with van der Waals surface area (Å²) in [7, 11) is 0. The summed E-state index contributed by atoms with van der Waals surface area (Å²) in [6, 6.07) is 17.5. The van der Waals surface area contributed by atoms with E-state index in [1.165, 1.54) is 24.5 Å². The topological polar surface area (TPSA) is 89.9 Å². The van der Waals surface area contributed by atoms with Crippen molar-refractivity contribution in [2.75, 3.05) is 0 Å². The summed E-state index contributed by atoms with van der Waals surface area (Å²) < 4.78 is 16.2. The average molecular weight is 400 g/mol. The van der Waals surface area contributed by atoms with Gasteiger partial charge in [-0.15, -0.1) is 0 Å². The van der Waals surface area contributed by atoms with Gasteiger partial charge in [-0.05, 0) is 29.0 Å². The number of benzene rings is 3. The molecule has 30 heavy (non-hydrogen) atoms. The summed E-state index contributed by atoms with van der Waals surface area (Å²) in [6.07, 6.45) is 1.49. The van der Waals surface area contributed by atoms with Crippen molar-refractivity contribution >= 4 is 38.7 Å². The highest BCUT2D eigenvalue weighted by Crippen LogP contribution is 2.28. The number of fused-ring (bicyclic) bond motifs is 4. The Bertz CT molecular complexity index is 1470. The van der Waals surface area contributed by atoms with E-state index in [9.17, 15) is 14.7 Å². The number of carbonyl (C=O) groups is 1. The maximum absolute atomic E-state index is 12.5. The molecule has 0 atom stereocenters. The third-order valence-electron chi connectivity index (χ3n) is 5.08. The van der Waals surface area contributed by atoms with Gasteiger partial charge in [-0.25, -0.2) is 4.79 Å². The van der Waals surface area contributed by atoms with E-state index in [-0.39, 0.29) is 18.8 Å². The van der Waals surface area contributed by atoms with E-state index < -0.39 is 11.6 Å². The Balaban J connectivity index is 1.43. The van der Waals surface area contributed by atoms with Gasteiger partial charge in [0.2, 0.25) is 0 Å². The fourth-order valence-electron chi connectivity index (χ4n) is 3.71. The Morgan fingerprint density at radius 3 is 2.70 bits per heavy atom. The lowest BCUT2D eigenvalue weighted by molar-refractivity contribution is -0.144. The van der Waals surface area contributed by atoms with E-state index in [0.717, 1.165) is 21.5 Å². The number of aromatic hydroxyl groups is 1. The fourth-order valence-corrected chi connectivity index (χ4v) is 3.71. The van der Waals surface area contributed by atoms with Gasteiger partial charge in [0.05, 0.1) is 12.7 Å². The average Bonchev–Trinajstić information content (AvgIpc) is 3.13. The largest absolute Gasteiger partial charge is 0.508 e. The van der Waals surface area contributed by atoms with Gasteiger partial charge in [-0.1, -0.05) is 30.3 Å². The molecule has 2 aromatic heterocycles. The molecule has 0 radical (unpaired) electrons. The molecule has 0 spiro atoms. The molecule has 0 amide bonds. The zero-order chi connectivity index (χ0) is 20.7. The first-order chi connectivity index (χ1) is 14.6. The summed E-state index contributed by atoms with van der Waals surface area (Å²) in [5.74, 6) is -0.361. The van der Waals surface area contributed by atoms with Crippen LogP contribution >= 0.6 is 0 Å². The van der Waals surface area contributed by atoms with Crippen molar-refractivity contribution in [1.29, 1.82) is 0 Å². The molecule has 0 fully saturated rings. The van der Waals surface area contributed by atoms with Crippen LogP contribution in [0.25, 0.3) is 32.7 Å². The van der Waals surface area contributed by atoms with Crippen LogP contribution in [-0.4, -0.2) is 11.1 Å². The number of esters is 1. The quantitative estimate of drug-likeness (QED) is 0.268. The summed E-state index contributed by atoms with van der Waals surface area (Å²) in [5, 5.41) is 12.9. The molecule has 5 rings (SSSR count). The van der Waals surface area contributed by atoms with Gasteiger partial charge in [0.25, 0.3) is 0 Å². The van der Waals surface area contributed by atoms with Gasteiger partial charge in [-0.2, -0.15) is 0 Å². The first-order valence-corrected chi connectivity index (χ1v) is 9.38. The SMILES string of the molecule is O=C(Cc1coc2cc(O)ccc12)OCc1cc(=O)oc2ccc3ccccc3c12. The zero-order valence-corrected chi connectivity index (χ0v) is 15.8. The van der Waals surface area contributed by atoms with Crippen LogP contribution in [0.1, 0.15) is 11.1 Å². The van der Waals surface area contributed by atoms with Gasteiger partial charge >= 0.3 is 11.6 Å². The Hall–Kier alpha value is -4.06. The maximum Gasteiger partial charge on any atom is 0.336 e. The van der Waals surface area contributed by atoms with E-state index in [1.807, 2.05) is 30.3 Å². The summed E-state index contributed by atoms with van der Waals surface area (Å²) in [6.45, 7) is -0.0501. The van der Waals surface area contributed by atoms with Gasteiger partial charge in [0.15, 0.2) is 0 Å². The predicted molar refractivity (Wildman–Crippen MR) is 111 cm³/mol. The second-order valence-corrected chi connectivity index (χ2v) is 7.03. The molecule has 2 heterocycles. The second-order valence-electron chi connectivity index (χ2n) is 7.03. The number of furan rings is 1. The van der Waals surface area contributed by atoms with E-state index in [0.29, 0.717) is 22.3 Å². The van der Waals surface area contributed by atoms with Gasteiger partial charge in [-0.3, -0.25) is 4.79 Å². The summed E-state index contributed by atoms with van der Waals surface area (Å²) in [5.41, 5.74) is 1.71. The van der Waals surface area contributed by atoms with Crippen molar-refractivity contribution in [3.8, 4) is 5.75 Å². The normalized spacial score (nSPS) is 11.3. The second kappa shape index (κ2) is 7.08. The van der Waals surface area contributed by atoms with Crippen LogP contribution in [0.15, 0.2) is 80.6 Å². The standard InChI is InChI=1S/C24H16O6/c25-17-6-7-18-15(12-28-21(18)11-17)9-22(26)29-13-16-10-23(27)30-20-8-5-14-3-1-2-4-19(14)24(16)20/h1-8,10-12,25H,9,13H2. The summed E-state index contributed by atoms with van der Waals surface area (Å²) >= 11 is 0. The highest BCUT2D eigenvalue weighted by atomic mass is 16.5. The first-order valence-electron chi connectivity index (χ1n) is 9.38. The smallest absolute Gasteiger partial charge is 0.336 e. The number of hydrogen-bond acceptors (Lipinski definition) is 6. The molecule has 0 unspecified atom stereocenters. The Kier molecular flexibility index (Phi) is 4.25. The van der Waals surface area contributed by atoms with Crippen molar-refractivity contribution in [2.24, 2.45) is 0 Å². The van der Waals surface area contributed by atoms with Crippen molar-refractivity contribution in [3.63, 3.8) is 0 Å². The van der Waals surface area contributed by atoms with Crippen LogP contribution in [0.5, 0.6) is 5.75 Å². The van der Waals surface area contributed by atoms with E-state index in [4.69, 9.17) is 13.6 Å². The van der Waals surface area contributed by atoms with Crippen molar-refractivity contribution in [2.45, 2.75) is 13.0 Å². The van der Waals surface area contributed by atoms with E-state index in [1.54, 1.807) is 12.1 Å². The van der Waals surface area contributed by atoms with Gasteiger partial charge in [0, 0.05) is 34.0 Å². The predicted octanol–water partition coefficient (Wildman–Crippen LogP) is 4.68. The molecule has 0 aliphatic carbocycles. The third kappa shape index (κ3) is 3.18. The fraction of sp³-hybridized carbons (Fsp3) is 0.0833. The monoisotopic (exact) mass is 400 g/mol. The van der Waals surface area contributed by atoms with Crippen molar-refractivity contribution in [3.05, 3.63) is 88.5 Å². The van der Waals surface area contributed by atoms with Gasteiger partial charge < -0.3 is 18.7 Å². The number of phenolic OH excluding ortho intramolecular Hbond substituents is 1. The Morgan fingerprint density at radius 2 is 1.80 bits per heavy atom. The lowest BCUT2D eigenvalue weighted by Crippen LogP contribution is -2.09. The van der Waals surface area contributed by atoms with E-state index >= 15 is 0 Å². The van der Waals surface area contributed by atoms with Crippen molar-refractivity contribution < 1.29 is 23.5 Å². The van der Waals surface area contributed by atoms with Crippen LogP contribution < -0.4 is 5.63 Å². The number of rotatable bonds is 4. The molecule has 148 valence electrons. The van der Waals surface area contributed by atoms with E-state index in [2.05, 4.69) is 0 Å². The molecule has 3 aromatic carbocycles. The molecule has 1 N–H and O–H groups in total. The maximum atomic E-state index is 12.5. The molecule has 0 bridgehead atoms. The summed E-state index contributed by atoms with van der Waals surface area (Å²) in [4.78, 5) is 24.4. The molecule has 6 nitrogen and oxygen atoms in total. The molecular weight excluding hydrogens is 384 g/mol. The highest BCUT2D eigenvalue weighted by Gasteiger charge is 2.15. The molecule has 6 heteroatoms. The third-order valence-corrected chi connectivity index (χ3v) is 5.08. The molecule has 5 aromatic rings. The first kappa shape index (κ1) is 18.0. The van der Waals surface area contributed by atoms with Crippen LogP contribution in [0.3, 0.4) is 0 Å². The number of ether oxygens (including phenoxy) is 1. The Labute approximate surface area is 169 Å². The van der Waals surface area contributed by atoms with Crippen LogP contribution in [0.4, 0.5) is 0 Å². The van der Waals surface area contributed by atoms with Crippen LogP contribution in [0, 0.1) is 0 Å². The number of hydrogen-bond donors (Lipinski definition) is 1. The molecule has 0 saturated heterocycles. The minimum Gasteiger partial charge on any atom is -0.508 e. The highest BCUT2D eigenvalue weighted by molar-refractivity contribution is 6.07. The minimum absolute atomic E-state index is 0.0118. The minimum atomic E-state index is -0.496. The molecule has 0 saturated carbocycles. The lowest BCUT2D eigenvalue weighted by Gasteiger charge is -2.09. The van der Waals surface area contributed by atoms with Gasteiger partial charge in [0.1, 0.15) is 23.5 Å². The molecular formula is C24H16O6. The zero-order valence-electron chi connectivity index (χ0n) is 15.8. The lowest BCUT2D eigenvalue weighted by atomic mass is 10.0. The van der Waals surface area contributed by atoms with Crippen molar-refractivity contribution in [1.82, 2.24) is 0 Å². The number of carbonyl (C=O) groups excluding carboxylic acids is 1. The molecule has 0 aliphatic rings. The van der Waals surface area contributed by atoms with Crippen LogP contribution in [-0.2, 0) is 22.6 Å². The molecule has 0 aliphatic heterocycles. The van der Waals surface area contributed by atoms with Crippen LogP contribution in [0.2, 0.25) is 0 Å². The number of phenols is 1.